The molecule has 0 spiro atoms. The molecule has 0 aliphatic rings. The van der Waals surface area contributed by atoms with Crippen molar-refractivity contribution in [2.24, 2.45) is 10.8 Å². The standard InChI is InChI=1S/C18H17N6PS/c1-24(18(20)26)22-9-13-8-16(17-10-21-11-25-17)23-15-5-4-12(3-2-6-19)7-14(13)15/h4-5,7-11,25H,2-3H2,1H3,(H2,20,26)/b22-9+. The van der Waals surface area contributed by atoms with Crippen molar-refractivity contribution in [1.82, 2.24) is 15.0 Å². The fraction of sp³-hybridized carbons (Fsp3) is 0.167. The molecule has 6 nitrogen and oxygen atoms in total. The molecule has 1 unspecified atom stereocenters. The van der Waals surface area contributed by atoms with Crippen LogP contribution in [-0.2, 0) is 6.42 Å². The Labute approximate surface area is 158 Å². The highest BCUT2D eigenvalue weighted by Crippen LogP contribution is 2.29. The molecule has 2 aromatic heterocycles. The molecule has 2 N–H and O–H groups in total. The number of benzene rings is 1. The molecule has 0 saturated carbocycles. The summed E-state index contributed by atoms with van der Waals surface area (Å²) < 4.78 is 0. The van der Waals surface area contributed by atoms with Gasteiger partial charge in [-0.15, -0.1) is 8.19 Å². The zero-order valence-electron chi connectivity index (χ0n) is 14.2. The van der Waals surface area contributed by atoms with Crippen molar-refractivity contribution in [3.8, 4) is 17.1 Å². The number of hydrogen-bond acceptors (Lipinski definition) is 5. The van der Waals surface area contributed by atoms with Crippen molar-refractivity contribution in [2.45, 2.75) is 12.8 Å². The predicted molar refractivity (Wildman–Crippen MR) is 111 cm³/mol. The molecule has 0 saturated heterocycles. The Bertz CT molecular complexity index is 1010. The summed E-state index contributed by atoms with van der Waals surface area (Å²) in [6.07, 6.45) is 4.77. The van der Waals surface area contributed by atoms with E-state index in [4.69, 9.17) is 28.2 Å². The number of aromatic nitrogens is 2. The summed E-state index contributed by atoms with van der Waals surface area (Å²) in [5, 5.41) is 16.9. The van der Waals surface area contributed by atoms with Gasteiger partial charge in [-0.2, -0.15) is 10.4 Å². The zero-order valence-corrected chi connectivity index (χ0v) is 16.0. The summed E-state index contributed by atoms with van der Waals surface area (Å²) in [6.45, 7) is 0. The molecule has 0 aliphatic heterocycles. The first-order valence-corrected chi connectivity index (χ1v) is 9.43. The first-order valence-electron chi connectivity index (χ1n) is 7.95. The molecule has 26 heavy (non-hydrogen) atoms. The number of nitriles is 1. The van der Waals surface area contributed by atoms with Crippen molar-refractivity contribution in [3.63, 3.8) is 0 Å². The second kappa shape index (κ2) is 8.05. The van der Waals surface area contributed by atoms with E-state index >= 15 is 0 Å². The summed E-state index contributed by atoms with van der Waals surface area (Å²) in [5.41, 5.74) is 9.37. The molecule has 0 amide bonds. The van der Waals surface area contributed by atoms with E-state index in [1.165, 1.54) is 5.01 Å². The molecule has 3 rings (SSSR count). The third-order valence-corrected chi connectivity index (χ3v) is 5.13. The molecule has 3 aromatic rings. The van der Waals surface area contributed by atoms with Crippen LogP contribution in [-0.4, -0.2) is 33.4 Å². The maximum atomic E-state index is 8.82. The Kier molecular flexibility index (Phi) is 5.57. The number of hydrogen-bond donors (Lipinski definition) is 1. The second-order valence-corrected chi connectivity index (χ2v) is 7.18. The smallest absolute Gasteiger partial charge is 0.186 e. The number of pyridine rings is 1. The fourth-order valence-electron chi connectivity index (χ4n) is 2.50. The van der Waals surface area contributed by atoms with Gasteiger partial charge in [0.25, 0.3) is 0 Å². The van der Waals surface area contributed by atoms with Gasteiger partial charge < -0.3 is 5.73 Å². The summed E-state index contributed by atoms with van der Waals surface area (Å²) in [5.74, 6) is 1.89. The minimum absolute atomic E-state index is 0.197. The highest BCUT2D eigenvalue weighted by Gasteiger charge is 2.09. The van der Waals surface area contributed by atoms with E-state index in [1.807, 2.05) is 30.3 Å². The zero-order chi connectivity index (χ0) is 18.5. The predicted octanol–water partition coefficient (Wildman–Crippen LogP) is 3.29. The number of hydrazone groups is 1. The van der Waals surface area contributed by atoms with E-state index in [2.05, 4.69) is 22.2 Å². The quantitative estimate of drug-likeness (QED) is 0.415. The SMILES string of the molecule is CN(/N=C/c1cc(-c2cnc[pH]2)nc2ccc(CCC#N)cc12)C(N)=S. The van der Waals surface area contributed by atoms with Gasteiger partial charge in [-0.1, -0.05) is 6.07 Å². The minimum Gasteiger partial charge on any atom is -0.375 e. The topological polar surface area (TPSA) is 91.2 Å². The minimum atomic E-state index is 0.197. The van der Waals surface area contributed by atoms with Crippen LogP contribution in [0.4, 0.5) is 0 Å². The van der Waals surface area contributed by atoms with Crippen molar-refractivity contribution < 1.29 is 0 Å². The van der Waals surface area contributed by atoms with E-state index in [0.717, 1.165) is 33.0 Å². The summed E-state index contributed by atoms with van der Waals surface area (Å²) in [7, 11) is 2.22. The number of nitrogens with two attached hydrogens (primary N) is 1. The summed E-state index contributed by atoms with van der Waals surface area (Å²) >= 11 is 4.93. The normalized spacial score (nSPS) is 11.2. The largest absolute Gasteiger partial charge is 0.375 e. The van der Waals surface area contributed by atoms with Crippen molar-refractivity contribution in [1.29, 1.82) is 5.26 Å². The molecule has 2 heterocycles. The Hall–Kier alpha value is -2.81. The van der Waals surface area contributed by atoms with Crippen LogP contribution in [0.1, 0.15) is 17.5 Å². The fourth-order valence-corrected chi connectivity index (χ4v) is 3.26. The van der Waals surface area contributed by atoms with Crippen LogP contribution in [0, 0.1) is 11.3 Å². The van der Waals surface area contributed by atoms with Crippen molar-refractivity contribution in [3.05, 3.63) is 47.5 Å². The number of nitrogens with zero attached hydrogens (tertiary/aromatic N) is 5. The van der Waals surface area contributed by atoms with Gasteiger partial charge in [-0.25, -0.2) is 9.99 Å². The second-order valence-electron chi connectivity index (χ2n) is 5.68. The maximum Gasteiger partial charge on any atom is 0.186 e. The summed E-state index contributed by atoms with van der Waals surface area (Å²) in [6, 6.07) is 10.2. The van der Waals surface area contributed by atoms with E-state index in [0.29, 0.717) is 21.0 Å². The molecule has 1 atom stereocenters. The Morgan fingerprint density at radius 3 is 3.00 bits per heavy atom. The van der Waals surface area contributed by atoms with Gasteiger partial charge in [0.1, 0.15) is 0 Å². The highest BCUT2D eigenvalue weighted by molar-refractivity contribution is 7.80. The van der Waals surface area contributed by atoms with Gasteiger partial charge in [-0.05, 0) is 42.4 Å². The lowest BCUT2D eigenvalue weighted by Crippen LogP contribution is -2.27. The van der Waals surface area contributed by atoms with Crippen LogP contribution in [0.15, 0.2) is 41.5 Å². The third-order valence-electron chi connectivity index (χ3n) is 3.89. The number of fused-ring (bicyclic) bond motifs is 1. The molecule has 1 aromatic carbocycles. The van der Waals surface area contributed by atoms with Crippen LogP contribution < -0.4 is 5.73 Å². The van der Waals surface area contributed by atoms with Crippen LogP contribution in [0.3, 0.4) is 0 Å². The monoisotopic (exact) mass is 380 g/mol. The Morgan fingerprint density at radius 2 is 2.31 bits per heavy atom. The van der Waals surface area contributed by atoms with Gasteiger partial charge >= 0.3 is 0 Å². The number of rotatable bonds is 5. The maximum absolute atomic E-state index is 8.82. The molecular formula is C18H17N6PS. The van der Waals surface area contributed by atoms with Gasteiger partial charge in [0.05, 0.1) is 23.5 Å². The molecular weight excluding hydrogens is 363 g/mol. The van der Waals surface area contributed by atoms with Gasteiger partial charge in [-0.3, -0.25) is 4.98 Å². The lowest BCUT2D eigenvalue weighted by Gasteiger charge is -2.11. The molecule has 8 heteroatoms. The van der Waals surface area contributed by atoms with Crippen LogP contribution in [0.5, 0.6) is 0 Å². The number of thiocarbonyl (C=S) groups is 1. The van der Waals surface area contributed by atoms with Gasteiger partial charge in [0.2, 0.25) is 0 Å². The van der Waals surface area contributed by atoms with E-state index in [1.54, 1.807) is 13.3 Å². The average Bonchev–Trinajstić information content (AvgIpc) is 3.18. The van der Waals surface area contributed by atoms with Crippen LogP contribution in [0.25, 0.3) is 21.9 Å². The van der Waals surface area contributed by atoms with Crippen molar-refractivity contribution in [2.75, 3.05) is 7.05 Å². The molecule has 0 radical (unpaired) electrons. The van der Waals surface area contributed by atoms with Crippen LogP contribution in [0.2, 0.25) is 0 Å². The van der Waals surface area contributed by atoms with E-state index in [9.17, 15) is 0 Å². The number of aryl methyl sites for hydroxylation is 1. The van der Waals surface area contributed by atoms with Crippen LogP contribution >= 0.6 is 20.4 Å². The lowest BCUT2D eigenvalue weighted by molar-refractivity contribution is 0.552. The average molecular weight is 380 g/mol. The van der Waals surface area contributed by atoms with Gasteiger partial charge in [0.15, 0.2) is 5.11 Å². The molecule has 130 valence electrons. The first-order chi connectivity index (χ1) is 12.6. The first kappa shape index (κ1) is 18.0. The van der Waals surface area contributed by atoms with E-state index < -0.39 is 0 Å². The molecule has 0 aliphatic carbocycles. The highest BCUT2D eigenvalue weighted by atomic mass is 32.1. The van der Waals surface area contributed by atoms with Gasteiger partial charge in [0, 0.05) is 41.8 Å². The Morgan fingerprint density at radius 1 is 1.46 bits per heavy atom. The van der Waals surface area contributed by atoms with E-state index in [-0.39, 0.29) is 5.11 Å². The summed E-state index contributed by atoms with van der Waals surface area (Å²) in [4.78, 5) is 8.94. The Balaban J connectivity index is 2.12. The third kappa shape index (κ3) is 4.05. The van der Waals surface area contributed by atoms with Crippen molar-refractivity contribution >= 4 is 42.6 Å². The molecule has 0 bridgehead atoms. The lowest BCUT2D eigenvalue weighted by atomic mass is 10.0. The molecule has 0 fully saturated rings.